The summed E-state index contributed by atoms with van der Waals surface area (Å²) in [6.45, 7) is 6.34. The molecular formula is C13H18O. The van der Waals surface area contributed by atoms with Crippen LogP contribution in [0.5, 0.6) is 0 Å². The van der Waals surface area contributed by atoms with E-state index in [0.29, 0.717) is 5.92 Å². The first-order chi connectivity index (χ1) is 6.63. The van der Waals surface area contributed by atoms with Crippen molar-refractivity contribution in [3.05, 3.63) is 35.4 Å². The molecule has 1 unspecified atom stereocenters. The minimum atomic E-state index is 0.0158. The molecule has 0 heterocycles. The van der Waals surface area contributed by atoms with Gasteiger partial charge in [-0.1, -0.05) is 45.0 Å². The summed E-state index contributed by atoms with van der Waals surface area (Å²) in [6, 6.07) is 8.32. The Morgan fingerprint density at radius 1 is 1.29 bits per heavy atom. The van der Waals surface area contributed by atoms with Crippen molar-refractivity contribution in [3.8, 4) is 0 Å². The monoisotopic (exact) mass is 190 g/mol. The molecule has 1 aromatic carbocycles. The van der Waals surface area contributed by atoms with E-state index < -0.39 is 0 Å². The third-order valence-electron chi connectivity index (χ3n) is 2.32. The number of benzene rings is 1. The highest BCUT2D eigenvalue weighted by Gasteiger charge is 2.04. The molecule has 0 bridgehead atoms. The van der Waals surface area contributed by atoms with Gasteiger partial charge in [0, 0.05) is 5.92 Å². The minimum Gasteiger partial charge on any atom is -0.303 e. The zero-order valence-electron chi connectivity index (χ0n) is 9.16. The maximum Gasteiger partial charge on any atom is 0.127 e. The van der Waals surface area contributed by atoms with Crippen LogP contribution in [0.15, 0.2) is 24.3 Å². The first-order valence-corrected chi connectivity index (χ1v) is 5.17. The third kappa shape index (κ3) is 2.99. The van der Waals surface area contributed by atoms with Crippen LogP contribution in [0, 0.1) is 5.92 Å². The largest absolute Gasteiger partial charge is 0.303 e. The van der Waals surface area contributed by atoms with E-state index in [1.54, 1.807) is 0 Å². The summed E-state index contributed by atoms with van der Waals surface area (Å²) in [5.74, 6) is 0.680. The molecule has 0 amide bonds. The smallest absolute Gasteiger partial charge is 0.127 e. The van der Waals surface area contributed by atoms with E-state index in [0.717, 1.165) is 18.3 Å². The molecule has 0 saturated carbocycles. The third-order valence-corrected chi connectivity index (χ3v) is 2.32. The predicted molar refractivity (Wildman–Crippen MR) is 59.5 cm³/mol. The molecule has 0 aliphatic heterocycles. The fourth-order valence-electron chi connectivity index (χ4n) is 1.55. The van der Waals surface area contributed by atoms with E-state index in [-0.39, 0.29) is 5.92 Å². The second kappa shape index (κ2) is 4.94. The molecule has 0 spiro atoms. The molecule has 1 atom stereocenters. The number of hydrogen-bond acceptors (Lipinski definition) is 1. The van der Waals surface area contributed by atoms with E-state index in [1.165, 1.54) is 5.56 Å². The lowest BCUT2D eigenvalue weighted by Crippen LogP contribution is -1.98. The summed E-state index contributed by atoms with van der Waals surface area (Å²) in [5.41, 5.74) is 2.45. The normalized spacial score (nSPS) is 12.9. The molecule has 76 valence electrons. The first kappa shape index (κ1) is 11.0. The van der Waals surface area contributed by atoms with Gasteiger partial charge in [-0.3, -0.25) is 0 Å². The lowest BCUT2D eigenvalue weighted by atomic mass is 9.96. The summed E-state index contributed by atoms with van der Waals surface area (Å²) >= 11 is 0. The maximum atomic E-state index is 10.6. The molecule has 0 aromatic heterocycles. The average molecular weight is 190 g/mol. The standard InChI is InChI=1S/C13H18O/c1-10(2)7-12-5-4-6-13(8-12)11(3)9-14/h4-6,8-11H,7H2,1-3H3. The molecule has 0 fully saturated rings. The number of carbonyl (C=O) groups excluding carboxylic acids is 1. The number of hydrogen-bond donors (Lipinski definition) is 0. The van der Waals surface area contributed by atoms with Crippen molar-refractivity contribution in [2.75, 3.05) is 0 Å². The fraction of sp³-hybridized carbons (Fsp3) is 0.462. The molecule has 14 heavy (non-hydrogen) atoms. The van der Waals surface area contributed by atoms with Crippen LogP contribution in [0.1, 0.15) is 37.8 Å². The molecule has 0 N–H and O–H groups in total. The Hall–Kier alpha value is -1.11. The zero-order chi connectivity index (χ0) is 10.6. The fourth-order valence-corrected chi connectivity index (χ4v) is 1.55. The number of rotatable bonds is 4. The molecule has 1 aromatic rings. The lowest BCUT2D eigenvalue weighted by molar-refractivity contribution is -0.108. The SMILES string of the molecule is CC(C)Cc1cccc(C(C)C=O)c1. The lowest BCUT2D eigenvalue weighted by Gasteiger charge is -2.08. The van der Waals surface area contributed by atoms with Crippen molar-refractivity contribution in [1.29, 1.82) is 0 Å². The Labute approximate surface area is 86.1 Å². The Bertz CT molecular complexity index is 302. The van der Waals surface area contributed by atoms with Crippen molar-refractivity contribution >= 4 is 6.29 Å². The van der Waals surface area contributed by atoms with Gasteiger partial charge in [0.05, 0.1) is 0 Å². The second-order valence-electron chi connectivity index (χ2n) is 4.27. The minimum absolute atomic E-state index is 0.0158. The molecule has 0 aliphatic carbocycles. The van der Waals surface area contributed by atoms with Gasteiger partial charge in [-0.25, -0.2) is 0 Å². The van der Waals surface area contributed by atoms with E-state index in [9.17, 15) is 4.79 Å². The Kier molecular flexibility index (Phi) is 3.87. The highest BCUT2D eigenvalue weighted by Crippen LogP contribution is 2.16. The van der Waals surface area contributed by atoms with E-state index in [4.69, 9.17) is 0 Å². The van der Waals surface area contributed by atoms with Crippen LogP contribution in [0.2, 0.25) is 0 Å². The van der Waals surface area contributed by atoms with Crippen LogP contribution < -0.4 is 0 Å². The number of aldehydes is 1. The quantitative estimate of drug-likeness (QED) is 0.666. The van der Waals surface area contributed by atoms with Crippen LogP contribution in [0.4, 0.5) is 0 Å². The van der Waals surface area contributed by atoms with Crippen molar-refractivity contribution in [2.45, 2.75) is 33.1 Å². The van der Waals surface area contributed by atoms with Gasteiger partial charge in [-0.05, 0) is 23.5 Å². The summed E-state index contributed by atoms with van der Waals surface area (Å²) in [4.78, 5) is 10.6. The highest BCUT2D eigenvalue weighted by molar-refractivity contribution is 5.61. The van der Waals surface area contributed by atoms with Gasteiger partial charge >= 0.3 is 0 Å². The van der Waals surface area contributed by atoms with Crippen molar-refractivity contribution in [1.82, 2.24) is 0 Å². The predicted octanol–water partition coefficient (Wildman–Crippen LogP) is 3.19. The van der Waals surface area contributed by atoms with Gasteiger partial charge in [0.2, 0.25) is 0 Å². The van der Waals surface area contributed by atoms with Crippen LogP contribution in [0.3, 0.4) is 0 Å². The topological polar surface area (TPSA) is 17.1 Å². The molecule has 0 aliphatic rings. The molecule has 0 saturated heterocycles. The van der Waals surface area contributed by atoms with Gasteiger partial charge in [-0.15, -0.1) is 0 Å². The van der Waals surface area contributed by atoms with E-state index >= 15 is 0 Å². The van der Waals surface area contributed by atoms with Crippen LogP contribution in [-0.4, -0.2) is 6.29 Å². The maximum absolute atomic E-state index is 10.6. The first-order valence-electron chi connectivity index (χ1n) is 5.17. The Balaban J connectivity index is 2.83. The molecule has 1 heteroatoms. The van der Waals surface area contributed by atoms with Gasteiger partial charge in [0.1, 0.15) is 6.29 Å². The average Bonchev–Trinajstić information content (AvgIpc) is 2.16. The van der Waals surface area contributed by atoms with Crippen molar-refractivity contribution in [2.24, 2.45) is 5.92 Å². The molecule has 0 radical (unpaired) electrons. The van der Waals surface area contributed by atoms with Crippen LogP contribution >= 0.6 is 0 Å². The van der Waals surface area contributed by atoms with Gasteiger partial charge in [0.15, 0.2) is 0 Å². The van der Waals surface area contributed by atoms with Crippen LogP contribution in [0.25, 0.3) is 0 Å². The zero-order valence-corrected chi connectivity index (χ0v) is 9.16. The summed E-state index contributed by atoms with van der Waals surface area (Å²) < 4.78 is 0. The summed E-state index contributed by atoms with van der Waals surface area (Å²) in [6.07, 6.45) is 2.08. The van der Waals surface area contributed by atoms with Gasteiger partial charge in [0.25, 0.3) is 0 Å². The van der Waals surface area contributed by atoms with Gasteiger partial charge in [-0.2, -0.15) is 0 Å². The second-order valence-corrected chi connectivity index (χ2v) is 4.27. The number of carbonyl (C=O) groups is 1. The van der Waals surface area contributed by atoms with Crippen molar-refractivity contribution < 1.29 is 4.79 Å². The highest BCUT2D eigenvalue weighted by atomic mass is 16.1. The summed E-state index contributed by atoms with van der Waals surface area (Å²) in [5, 5.41) is 0. The van der Waals surface area contributed by atoms with E-state index in [2.05, 4.69) is 26.0 Å². The molecular weight excluding hydrogens is 172 g/mol. The van der Waals surface area contributed by atoms with Crippen molar-refractivity contribution in [3.63, 3.8) is 0 Å². The Morgan fingerprint density at radius 3 is 2.57 bits per heavy atom. The summed E-state index contributed by atoms with van der Waals surface area (Å²) in [7, 11) is 0. The van der Waals surface area contributed by atoms with Crippen LogP contribution in [-0.2, 0) is 11.2 Å². The molecule has 1 nitrogen and oxygen atoms in total. The Morgan fingerprint density at radius 2 is 2.00 bits per heavy atom. The molecule has 1 rings (SSSR count). The van der Waals surface area contributed by atoms with Gasteiger partial charge < -0.3 is 4.79 Å². The van der Waals surface area contributed by atoms with E-state index in [1.807, 2.05) is 19.1 Å².